The van der Waals surface area contributed by atoms with E-state index in [-0.39, 0.29) is 0 Å². The molecule has 1 nitrogen and oxygen atoms in total. The van der Waals surface area contributed by atoms with E-state index in [1.165, 1.54) is 30.5 Å². The van der Waals surface area contributed by atoms with Crippen molar-refractivity contribution in [1.29, 1.82) is 0 Å². The van der Waals surface area contributed by atoms with Crippen molar-refractivity contribution in [3.8, 4) is 0 Å². The van der Waals surface area contributed by atoms with Crippen molar-refractivity contribution in [3.05, 3.63) is 29.3 Å². The Hall–Kier alpha value is -0.980. The van der Waals surface area contributed by atoms with E-state index in [2.05, 4.69) is 44.0 Å². The Kier molecular flexibility index (Phi) is 2.24. The normalized spacial score (nSPS) is 29.1. The summed E-state index contributed by atoms with van der Waals surface area (Å²) in [6.07, 6.45) is 4.16. The van der Waals surface area contributed by atoms with Gasteiger partial charge in [0.05, 0.1) is 0 Å². The van der Waals surface area contributed by atoms with E-state index in [0.29, 0.717) is 0 Å². The number of aryl methyl sites for hydroxylation is 1. The molecule has 0 N–H and O–H groups in total. The number of rotatable bonds is 1. The topological polar surface area (TPSA) is 3.24 Å². The SMILES string of the molecule is Cc1ccc2c(c1)CC(C)[C@H](C1CC1)N2C. The van der Waals surface area contributed by atoms with Gasteiger partial charge < -0.3 is 4.90 Å². The Labute approximate surface area is 98.5 Å². The fraction of sp³-hybridized carbons (Fsp3) is 0.600. The standard InChI is InChI=1S/C15H21N/c1-10-4-7-14-13(8-10)9-11(2)15(16(14)3)12-5-6-12/h4,7-8,11-12,15H,5-6,9H2,1-3H3/t11?,15-/m1/s1. The van der Waals surface area contributed by atoms with Crippen LogP contribution in [-0.2, 0) is 6.42 Å². The first-order chi connectivity index (χ1) is 7.66. The Morgan fingerprint density at radius 1 is 1.25 bits per heavy atom. The zero-order chi connectivity index (χ0) is 11.3. The van der Waals surface area contributed by atoms with Gasteiger partial charge in [0, 0.05) is 18.8 Å². The van der Waals surface area contributed by atoms with E-state index in [9.17, 15) is 0 Å². The Balaban J connectivity index is 1.99. The van der Waals surface area contributed by atoms with Crippen LogP contribution >= 0.6 is 0 Å². The number of anilines is 1. The van der Waals surface area contributed by atoms with Crippen molar-refractivity contribution in [3.63, 3.8) is 0 Å². The number of hydrogen-bond donors (Lipinski definition) is 0. The Bertz CT molecular complexity index is 406. The van der Waals surface area contributed by atoms with Crippen LogP contribution in [0.4, 0.5) is 5.69 Å². The van der Waals surface area contributed by atoms with Gasteiger partial charge in [0.15, 0.2) is 0 Å². The summed E-state index contributed by atoms with van der Waals surface area (Å²) in [5.41, 5.74) is 4.41. The fourth-order valence-electron chi connectivity index (χ4n) is 3.45. The van der Waals surface area contributed by atoms with Crippen molar-refractivity contribution in [2.45, 2.75) is 39.2 Å². The van der Waals surface area contributed by atoms with Crippen molar-refractivity contribution < 1.29 is 0 Å². The monoisotopic (exact) mass is 215 g/mol. The van der Waals surface area contributed by atoms with Crippen LogP contribution in [0, 0.1) is 18.8 Å². The van der Waals surface area contributed by atoms with Gasteiger partial charge in [-0.25, -0.2) is 0 Å². The van der Waals surface area contributed by atoms with Gasteiger partial charge in [0.1, 0.15) is 0 Å². The first kappa shape index (κ1) is 10.2. The summed E-state index contributed by atoms with van der Waals surface area (Å²) in [4.78, 5) is 2.54. The fourth-order valence-corrected chi connectivity index (χ4v) is 3.45. The first-order valence-electron chi connectivity index (χ1n) is 6.49. The van der Waals surface area contributed by atoms with Gasteiger partial charge in [-0.3, -0.25) is 0 Å². The third-order valence-corrected chi connectivity index (χ3v) is 4.29. The van der Waals surface area contributed by atoms with Crippen molar-refractivity contribution in [2.24, 2.45) is 11.8 Å². The van der Waals surface area contributed by atoms with Gasteiger partial charge >= 0.3 is 0 Å². The summed E-state index contributed by atoms with van der Waals surface area (Å²) in [5, 5.41) is 0. The van der Waals surface area contributed by atoms with Crippen molar-refractivity contribution in [1.82, 2.24) is 0 Å². The molecule has 0 spiro atoms. The summed E-state index contributed by atoms with van der Waals surface area (Å²) >= 11 is 0. The van der Waals surface area contributed by atoms with Crippen LogP contribution in [0.1, 0.15) is 30.9 Å². The zero-order valence-corrected chi connectivity index (χ0v) is 10.5. The molecule has 1 heterocycles. The molecule has 1 aromatic rings. The molecule has 1 aliphatic heterocycles. The van der Waals surface area contributed by atoms with E-state index in [0.717, 1.165) is 17.9 Å². The average Bonchev–Trinajstić information content (AvgIpc) is 3.01. The first-order valence-corrected chi connectivity index (χ1v) is 6.49. The van der Waals surface area contributed by atoms with Gasteiger partial charge in [-0.15, -0.1) is 0 Å². The van der Waals surface area contributed by atoms with E-state index < -0.39 is 0 Å². The van der Waals surface area contributed by atoms with Crippen LogP contribution in [0.25, 0.3) is 0 Å². The maximum Gasteiger partial charge on any atom is 0.0399 e. The molecule has 1 saturated carbocycles. The number of fused-ring (bicyclic) bond motifs is 1. The Morgan fingerprint density at radius 2 is 2.00 bits per heavy atom. The van der Waals surface area contributed by atoms with E-state index in [1.54, 1.807) is 5.56 Å². The highest BCUT2D eigenvalue weighted by Crippen LogP contribution is 2.44. The van der Waals surface area contributed by atoms with E-state index in [4.69, 9.17) is 0 Å². The second-order valence-electron chi connectivity index (χ2n) is 5.75. The smallest absolute Gasteiger partial charge is 0.0399 e. The van der Waals surface area contributed by atoms with Crippen molar-refractivity contribution >= 4 is 5.69 Å². The van der Waals surface area contributed by atoms with Gasteiger partial charge in [-0.05, 0) is 49.7 Å². The largest absolute Gasteiger partial charge is 0.371 e. The summed E-state index contributed by atoms with van der Waals surface area (Å²) in [5.74, 6) is 1.78. The number of benzene rings is 1. The van der Waals surface area contributed by atoms with Gasteiger partial charge in [-0.2, -0.15) is 0 Å². The van der Waals surface area contributed by atoms with E-state index >= 15 is 0 Å². The molecule has 2 atom stereocenters. The lowest BCUT2D eigenvalue weighted by atomic mass is 9.84. The zero-order valence-electron chi connectivity index (χ0n) is 10.5. The van der Waals surface area contributed by atoms with E-state index in [1.807, 2.05) is 0 Å². The maximum absolute atomic E-state index is 2.54. The molecule has 2 aliphatic rings. The number of nitrogens with zero attached hydrogens (tertiary/aromatic N) is 1. The van der Waals surface area contributed by atoms with Gasteiger partial charge in [0.2, 0.25) is 0 Å². The second-order valence-corrected chi connectivity index (χ2v) is 5.75. The lowest BCUT2D eigenvalue weighted by molar-refractivity contribution is 0.381. The lowest BCUT2D eigenvalue weighted by Gasteiger charge is -2.41. The third-order valence-electron chi connectivity index (χ3n) is 4.29. The molecule has 0 aromatic heterocycles. The second kappa shape index (κ2) is 3.51. The van der Waals surface area contributed by atoms with Gasteiger partial charge in [-0.1, -0.05) is 24.6 Å². The van der Waals surface area contributed by atoms with Crippen LogP contribution in [0.15, 0.2) is 18.2 Å². The number of hydrogen-bond acceptors (Lipinski definition) is 1. The minimum atomic E-state index is 0.787. The predicted molar refractivity (Wildman–Crippen MR) is 69.0 cm³/mol. The van der Waals surface area contributed by atoms with Crippen LogP contribution in [0.3, 0.4) is 0 Å². The third kappa shape index (κ3) is 1.53. The summed E-state index contributed by atoms with van der Waals surface area (Å²) in [6.45, 7) is 4.61. The molecular formula is C15H21N. The van der Waals surface area contributed by atoms with Crippen LogP contribution in [-0.4, -0.2) is 13.1 Å². The van der Waals surface area contributed by atoms with Crippen LogP contribution in [0.2, 0.25) is 0 Å². The molecule has 1 aromatic carbocycles. The van der Waals surface area contributed by atoms with Crippen LogP contribution in [0.5, 0.6) is 0 Å². The molecule has 1 aliphatic carbocycles. The Morgan fingerprint density at radius 3 is 2.69 bits per heavy atom. The molecule has 0 bridgehead atoms. The molecule has 16 heavy (non-hydrogen) atoms. The minimum Gasteiger partial charge on any atom is -0.371 e. The lowest BCUT2D eigenvalue weighted by Crippen LogP contribution is -2.43. The molecule has 1 heteroatoms. The highest BCUT2D eigenvalue weighted by Gasteiger charge is 2.40. The van der Waals surface area contributed by atoms with Gasteiger partial charge in [0.25, 0.3) is 0 Å². The molecule has 0 radical (unpaired) electrons. The highest BCUT2D eigenvalue weighted by atomic mass is 15.2. The highest BCUT2D eigenvalue weighted by molar-refractivity contribution is 5.57. The molecule has 1 fully saturated rings. The predicted octanol–water partition coefficient (Wildman–Crippen LogP) is 3.40. The van der Waals surface area contributed by atoms with Crippen molar-refractivity contribution in [2.75, 3.05) is 11.9 Å². The molecule has 0 amide bonds. The minimum absolute atomic E-state index is 0.787. The molecule has 3 rings (SSSR count). The molecule has 0 saturated heterocycles. The quantitative estimate of drug-likeness (QED) is 0.694. The average molecular weight is 215 g/mol. The molecule has 86 valence electrons. The molecule has 1 unspecified atom stereocenters. The summed E-state index contributed by atoms with van der Waals surface area (Å²) in [7, 11) is 2.28. The maximum atomic E-state index is 2.54. The summed E-state index contributed by atoms with van der Waals surface area (Å²) < 4.78 is 0. The molecular weight excluding hydrogens is 194 g/mol. The summed E-state index contributed by atoms with van der Waals surface area (Å²) in [6, 6.07) is 7.71. The van der Waals surface area contributed by atoms with Crippen LogP contribution < -0.4 is 4.90 Å².